The Bertz CT molecular complexity index is 2470. The van der Waals surface area contributed by atoms with E-state index in [1.807, 2.05) is 0 Å². The predicted molar refractivity (Wildman–Crippen MR) is 235 cm³/mol. The predicted octanol–water partition coefficient (Wildman–Crippen LogP) is 8.77. The van der Waals surface area contributed by atoms with Crippen molar-refractivity contribution in [3.05, 3.63) is 155 Å². The van der Waals surface area contributed by atoms with Gasteiger partial charge >= 0.3 is 41.9 Å². The van der Waals surface area contributed by atoms with Crippen LogP contribution in [0.15, 0.2) is 121 Å². The third kappa shape index (κ3) is 8.07. The van der Waals surface area contributed by atoms with Crippen molar-refractivity contribution in [3.63, 3.8) is 0 Å². The van der Waals surface area contributed by atoms with E-state index in [0.717, 1.165) is 0 Å². The summed E-state index contributed by atoms with van der Waals surface area (Å²) in [5.41, 5.74) is 14.7. The molecule has 56 heavy (non-hydrogen) atoms. The third-order valence-corrected chi connectivity index (χ3v) is 12.2. The van der Waals surface area contributed by atoms with Crippen LogP contribution in [-0.2, 0) is 49.0 Å². The number of aryl methyl sites for hydroxylation is 4. The molecule has 2 unspecified atom stereocenters. The molecule has 0 radical (unpaired) electrons. The maximum atomic E-state index is 2.42. The Kier molecular flexibility index (Phi) is 13.7. The van der Waals surface area contributed by atoms with Crippen LogP contribution in [0.1, 0.15) is 85.8 Å². The van der Waals surface area contributed by atoms with Crippen molar-refractivity contribution in [2.75, 3.05) is 0 Å². The van der Waals surface area contributed by atoms with Crippen molar-refractivity contribution < 1.29 is 48.1 Å². The maximum Gasteiger partial charge on any atom is -1.00 e. The molecule has 2 atom stereocenters. The first kappa shape index (κ1) is 42.3. The van der Waals surface area contributed by atoms with Gasteiger partial charge in [0.25, 0.3) is 0 Å². The summed E-state index contributed by atoms with van der Waals surface area (Å²) in [4.78, 5) is 0. The Morgan fingerprint density at radius 2 is 0.839 bits per heavy atom. The SMILES string of the molecule is CCC(C)c1cc2c(-c3ccc4c5c(cccc35)CC4)cccc2[cH-]1.CCC(C)c1cc2c(-c3ccc4c5c(cccc35)CC4)cccc2[cH-]1.C[Si](C)=[Zr+2].[Cl-].[Cl-]. The number of hydrogen-bond donors (Lipinski definition) is 0. The van der Waals surface area contributed by atoms with Gasteiger partial charge in [-0.25, -0.2) is 0 Å². The van der Waals surface area contributed by atoms with E-state index >= 15 is 0 Å². The monoisotopic (exact) mass is 864 g/mol. The second-order valence-electron chi connectivity index (χ2n) is 16.0. The van der Waals surface area contributed by atoms with E-state index in [4.69, 9.17) is 0 Å². The molecule has 0 aliphatic heterocycles. The Hall–Kier alpha value is -3.26. The molecule has 4 heteroatoms. The first-order chi connectivity index (χ1) is 26.2. The van der Waals surface area contributed by atoms with E-state index in [-0.39, 0.29) is 30.2 Å². The minimum Gasteiger partial charge on any atom is -1.00 e. The van der Waals surface area contributed by atoms with E-state index in [1.165, 1.54) is 137 Å². The molecule has 8 aromatic rings. The molecule has 0 fully saturated rings. The number of hydrogen-bond acceptors (Lipinski definition) is 0. The van der Waals surface area contributed by atoms with Gasteiger partial charge in [0.15, 0.2) is 0 Å². The molecule has 0 saturated heterocycles. The van der Waals surface area contributed by atoms with E-state index in [2.05, 4.69) is 162 Å². The largest absolute Gasteiger partial charge is 1.00 e. The second kappa shape index (κ2) is 18.1. The topological polar surface area (TPSA) is 0 Å². The Morgan fingerprint density at radius 1 is 0.500 bits per heavy atom. The van der Waals surface area contributed by atoms with Crippen molar-refractivity contribution in [2.45, 2.75) is 91.1 Å². The van der Waals surface area contributed by atoms with Crippen LogP contribution >= 0.6 is 0 Å². The molecule has 0 bridgehead atoms. The molecule has 10 rings (SSSR count). The summed E-state index contributed by atoms with van der Waals surface area (Å²) in [7, 11) is 0. The zero-order chi connectivity index (χ0) is 37.5. The normalized spacial score (nSPS) is 13.4. The number of halogens is 2. The van der Waals surface area contributed by atoms with Gasteiger partial charge in [0, 0.05) is 0 Å². The number of benzene rings is 6. The van der Waals surface area contributed by atoms with Crippen molar-refractivity contribution in [2.24, 2.45) is 0 Å². The summed E-state index contributed by atoms with van der Waals surface area (Å²) >= 11 is 1.74. The minimum atomic E-state index is 0. The first-order valence-electron chi connectivity index (χ1n) is 20.2. The van der Waals surface area contributed by atoms with Crippen LogP contribution in [0.25, 0.3) is 65.3 Å². The molecule has 0 N–H and O–H groups in total. The van der Waals surface area contributed by atoms with Crippen molar-refractivity contribution >= 4 is 48.5 Å². The first-order valence-corrected chi connectivity index (χ1v) is 26.4. The van der Waals surface area contributed by atoms with Gasteiger partial charge in [-0.1, -0.05) is 124 Å². The Balaban J connectivity index is 0.000000168. The van der Waals surface area contributed by atoms with Crippen LogP contribution < -0.4 is 24.8 Å². The molecule has 0 heterocycles. The molecular weight excluding hydrogens is 815 g/mol. The summed E-state index contributed by atoms with van der Waals surface area (Å²) in [6.07, 6.45) is 7.13. The summed E-state index contributed by atoms with van der Waals surface area (Å²) in [5.74, 6) is 1.24. The third-order valence-electron chi connectivity index (χ3n) is 12.2. The van der Waals surface area contributed by atoms with Gasteiger partial charge in [0.2, 0.25) is 0 Å². The van der Waals surface area contributed by atoms with Gasteiger partial charge in [-0.05, 0) is 92.4 Å². The van der Waals surface area contributed by atoms with Gasteiger partial charge in [0.1, 0.15) is 0 Å². The zero-order valence-electron chi connectivity index (χ0n) is 33.7. The van der Waals surface area contributed by atoms with Crippen LogP contribution in [0.2, 0.25) is 13.1 Å². The van der Waals surface area contributed by atoms with Crippen LogP contribution in [0.5, 0.6) is 0 Å². The number of rotatable bonds is 6. The van der Waals surface area contributed by atoms with Crippen molar-refractivity contribution in [3.8, 4) is 22.3 Å². The second-order valence-corrected chi connectivity index (χ2v) is 25.4. The standard InChI is InChI=1S/2C25H23.C2H6Si.2ClH.Zr/c2*1-3-16(2)20-14-19-7-5-8-21(24(19)15-20)22-13-12-18-11-10-17-6-4-9-23(22)25(17)18;1-3-2;;;/h2*4-9,12-16H,3,10-11H2,1-2H3;1-2H3;2*1H;/q2*-1;;;;+2/p-2. The molecule has 0 nitrogen and oxygen atoms in total. The molecule has 0 aromatic heterocycles. The molecule has 0 saturated carbocycles. The fourth-order valence-corrected chi connectivity index (χ4v) is 8.99. The minimum absolute atomic E-state index is 0. The van der Waals surface area contributed by atoms with Gasteiger partial charge < -0.3 is 24.8 Å². The van der Waals surface area contributed by atoms with Crippen LogP contribution in [0.3, 0.4) is 0 Å². The quantitative estimate of drug-likeness (QED) is 0.116. The zero-order valence-corrected chi connectivity index (χ0v) is 38.7. The summed E-state index contributed by atoms with van der Waals surface area (Å²) in [6, 6.07) is 46.2. The van der Waals surface area contributed by atoms with E-state index < -0.39 is 0 Å². The van der Waals surface area contributed by atoms with E-state index in [1.54, 1.807) is 23.3 Å². The Labute approximate surface area is 362 Å². The summed E-state index contributed by atoms with van der Waals surface area (Å²) < 4.78 is 0. The molecule has 2 aliphatic carbocycles. The smallest absolute Gasteiger partial charge is 1.00 e. The van der Waals surface area contributed by atoms with Gasteiger partial charge in [-0.15, -0.1) is 69.1 Å². The van der Waals surface area contributed by atoms with E-state index in [0.29, 0.717) is 11.8 Å². The van der Waals surface area contributed by atoms with Gasteiger partial charge in [-0.3, -0.25) is 0 Å². The molecular formula is C52H52Cl2SiZr-2. The number of fused-ring (bicyclic) bond motifs is 2. The fraction of sp³-hybridized carbons (Fsp3) is 0.269. The average molecular weight is 867 g/mol. The molecule has 0 spiro atoms. The fourth-order valence-electron chi connectivity index (χ4n) is 8.99. The average Bonchev–Trinajstić information content (AvgIpc) is 4.01. The van der Waals surface area contributed by atoms with Gasteiger partial charge in [-0.2, -0.15) is 12.1 Å². The maximum absolute atomic E-state index is 2.42. The van der Waals surface area contributed by atoms with E-state index in [9.17, 15) is 0 Å². The van der Waals surface area contributed by atoms with Crippen molar-refractivity contribution in [1.82, 2.24) is 0 Å². The molecule has 8 aromatic carbocycles. The summed E-state index contributed by atoms with van der Waals surface area (Å²) in [5, 5.41) is 11.4. The molecule has 2 aliphatic rings. The molecule has 0 amide bonds. The summed E-state index contributed by atoms with van der Waals surface area (Å²) in [6.45, 7) is 13.8. The Morgan fingerprint density at radius 3 is 1.21 bits per heavy atom. The van der Waals surface area contributed by atoms with Crippen molar-refractivity contribution in [1.29, 1.82) is 0 Å². The van der Waals surface area contributed by atoms with Crippen LogP contribution in [0, 0.1) is 0 Å². The van der Waals surface area contributed by atoms with Gasteiger partial charge in [0.05, 0.1) is 0 Å². The van der Waals surface area contributed by atoms with Crippen LogP contribution in [-0.4, -0.2) is 5.43 Å². The van der Waals surface area contributed by atoms with Crippen LogP contribution in [0.4, 0.5) is 0 Å². The molecule has 284 valence electrons.